The normalized spacial score (nSPS) is 17.4. The van der Waals surface area contributed by atoms with Crippen molar-refractivity contribution in [3.63, 3.8) is 0 Å². The summed E-state index contributed by atoms with van der Waals surface area (Å²) in [7, 11) is -3.65. The van der Waals surface area contributed by atoms with Gasteiger partial charge in [-0.15, -0.1) is 12.4 Å². The van der Waals surface area contributed by atoms with Crippen LogP contribution in [-0.2, 0) is 9.84 Å². The van der Waals surface area contributed by atoms with Crippen molar-refractivity contribution in [3.8, 4) is 0 Å². The minimum atomic E-state index is -3.65. The number of benzene rings is 1. The molecule has 0 aliphatic carbocycles. The van der Waals surface area contributed by atoms with Gasteiger partial charge in [-0.25, -0.2) is 8.42 Å². The van der Waals surface area contributed by atoms with Gasteiger partial charge in [0.1, 0.15) is 0 Å². The van der Waals surface area contributed by atoms with Gasteiger partial charge >= 0.3 is 0 Å². The van der Waals surface area contributed by atoms with E-state index in [2.05, 4.69) is 10.6 Å². The Balaban J connectivity index is 0.00000312. The van der Waals surface area contributed by atoms with Crippen molar-refractivity contribution in [1.29, 1.82) is 0 Å². The van der Waals surface area contributed by atoms with E-state index in [0.29, 0.717) is 12.5 Å². The Kier molecular flexibility index (Phi) is 7.78. The third-order valence-electron chi connectivity index (χ3n) is 4.03. The summed E-state index contributed by atoms with van der Waals surface area (Å²) < 4.78 is 23.3. The molecular formula is C15H22ClN3O5S. The number of non-ortho nitro benzene ring substituents is 1. The van der Waals surface area contributed by atoms with E-state index in [-0.39, 0.29) is 22.9 Å². The second kappa shape index (κ2) is 9.12. The number of nitro groups is 1. The molecule has 1 aliphatic heterocycles. The topological polar surface area (TPSA) is 118 Å². The van der Waals surface area contributed by atoms with Crippen LogP contribution < -0.4 is 10.6 Å². The minimum absolute atomic E-state index is 0. The predicted molar refractivity (Wildman–Crippen MR) is 96.0 cm³/mol. The van der Waals surface area contributed by atoms with Crippen molar-refractivity contribution in [2.45, 2.75) is 24.2 Å². The second-order valence-electron chi connectivity index (χ2n) is 6.00. The first kappa shape index (κ1) is 21.3. The molecule has 1 aromatic rings. The number of nitrogens with zero attached hydrogens (tertiary/aromatic N) is 1. The highest BCUT2D eigenvalue weighted by atomic mass is 35.5. The average molecular weight is 392 g/mol. The van der Waals surface area contributed by atoms with E-state index in [1.165, 1.54) is 6.07 Å². The summed E-state index contributed by atoms with van der Waals surface area (Å²) in [6, 6.07) is 3.21. The molecule has 1 heterocycles. The number of hydrogen-bond acceptors (Lipinski definition) is 6. The Morgan fingerprint density at radius 1 is 1.40 bits per heavy atom. The van der Waals surface area contributed by atoms with Gasteiger partial charge in [-0.1, -0.05) is 0 Å². The number of carbonyl (C=O) groups excluding carboxylic acids is 1. The molecule has 1 unspecified atom stereocenters. The van der Waals surface area contributed by atoms with Gasteiger partial charge in [0, 0.05) is 30.5 Å². The molecule has 0 radical (unpaired) electrons. The number of hydrogen-bond donors (Lipinski definition) is 2. The van der Waals surface area contributed by atoms with Crippen molar-refractivity contribution in [3.05, 3.63) is 33.9 Å². The van der Waals surface area contributed by atoms with Gasteiger partial charge < -0.3 is 10.6 Å². The van der Waals surface area contributed by atoms with E-state index in [1.54, 1.807) is 0 Å². The molecule has 1 aromatic carbocycles. The van der Waals surface area contributed by atoms with Crippen molar-refractivity contribution in [2.75, 3.05) is 25.9 Å². The van der Waals surface area contributed by atoms with Crippen molar-refractivity contribution in [1.82, 2.24) is 10.6 Å². The molecule has 2 N–H and O–H groups in total. The molecule has 0 saturated carbocycles. The van der Waals surface area contributed by atoms with Crippen LogP contribution in [0.4, 0.5) is 5.69 Å². The number of piperidine rings is 1. The van der Waals surface area contributed by atoms with E-state index in [9.17, 15) is 23.3 Å². The van der Waals surface area contributed by atoms with Crippen LogP contribution in [0, 0.1) is 16.0 Å². The molecule has 1 amide bonds. The molecule has 10 heteroatoms. The molecule has 0 bridgehead atoms. The number of nitro benzene ring substituents is 1. The SMILES string of the molecule is CS(=O)(=O)c1cc(C(=O)NCCC2CCCNC2)cc([N+](=O)[O-])c1.Cl. The molecule has 1 fully saturated rings. The van der Waals surface area contributed by atoms with Crippen LogP contribution in [0.15, 0.2) is 23.1 Å². The van der Waals surface area contributed by atoms with Crippen LogP contribution in [0.1, 0.15) is 29.6 Å². The minimum Gasteiger partial charge on any atom is -0.352 e. The Hall–Kier alpha value is -1.71. The summed E-state index contributed by atoms with van der Waals surface area (Å²) >= 11 is 0. The molecule has 8 nitrogen and oxygen atoms in total. The van der Waals surface area contributed by atoms with Gasteiger partial charge in [0.15, 0.2) is 9.84 Å². The standard InChI is InChI=1S/C15H21N3O5S.ClH/c1-24(22,23)14-8-12(7-13(9-14)18(20)21)15(19)17-6-4-11-3-2-5-16-10-11;/h7-9,11,16H,2-6,10H2,1H3,(H,17,19);1H. The first-order valence-corrected chi connectivity index (χ1v) is 9.65. The lowest BCUT2D eigenvalue weighted by atomic mass is 9.96. The lowest BCUT2D eigenvalue weighted by molar-refractivity contribution is -0.385. The Labute approximate surface area is 152 Å². The van der Waals surface area contributed by atoms with Crippen LogP contribution >= 0.6 is 12.4 Å². The van der Waals surface area contributed by atoms with Gasteiger partial charge in [-0.05, 0) is 44.3 Å². The maximum Gasteiger partial charge on any atom is 0.271 e. The summed E-state index contributed by atoms with van der Waals surface area (Å²) in [5.41, 5.74) is -0.439. The molecule has 2 rings (SSSR count). The van der Waals surface area contributed by atoms with E-state index in [4.69, 9.17) is 0 Å². The first-order chi connectivity index (χ1) is 11.3. The summed E-state index contributed by atoms with van der Waals surface area (Å²) in [5.74, 6) is -0.0110. The van der Waals surface area contributed by atoms with Crippen LogP contribution in [0.3, 0.4) is 0 Å². The monoisotopic (exact) mass is 391 g/mol. The number of nitrogens with one attached hydrogen (secondary N) is 2. The molecule has 140 valence electrons. The van der Waals surface area contributed by atoms with E-state index in [0.717, 1.165) is 50.7 Å². The van der Waals surface area contributed by atoms with Crippen LogP contribution in [0.25, 0.3) is 0 Å². The van der Waals surface area contributed by atoms with Gasteiger partial charge in [0.25, 0.3) is 11.6 Å². The fourth-order valence-corrected chi connectivity index (χ4v) is 3.37. The summed E-state index contributed by atoms with van der Waals surface area (Å²) in [5, 5.41) is 16.9. The fourth-order valence-electron chi connectivity index (χ4n) is 2.70. The van der Waals surface area contributed by atoms with E-state index >= 15 is 0 Å². The molecule has 0 aromatic heterocycles. The molecule has 25 heavy (non-hydrogen) atoms. The van der Waals surface area contributed by atoms with Crippen LogP contribution in [-0.4, -0.2) is 45.1 Å². The number of carbonyl (C=O) groups is 1. The number of amides is 1. The van der Waals surface area contributed by atoms with E-state index in [1.807, 2.05) is 0 Å². The average Bonchev–Trinajstić information content (AvgIpc) is 2.54. The van der Waals surface area contributed by atoms with Gasteiger partial charge in [-0.3, -0.25) is 14.9 Å². The zero-order chi connectivity index (χ0) is 17.7. The Bertz CT molecular complexity index is 733. The number of halogens is 1. The smallest absolute Gasteiger partial charge is 0.271 e. The predicted octanol–water partition coefficient (Wildman–Crippen LogP) is 1.54. The molecule has 1 atom stereocenters. The quantitative estimate of drug-likeness (QED) is 0.560. The lowest BCUT2D eigenvalue weighted by Crippen LogP contribution is -2.33. The summed E-state index contributed by atoms with van der Waals surface area (Å²) in [6.45, 7) is 2.39. The Morgan fingerprint density at radius 2 is 2.12 bits per heavy atom. The number of sulfone groups is 1. The highest BCUT2D eigenvalue weighted by Crippen LogP contribution is 2.21. The zero-order valence-electron chi connectivity index (χ0n) is 13.9. The maximum atomic E-state index is 12.2. The summed E-state index contributed by atoms with van der Waals surface area (Å²) in [6.07, 6.45) is 3.98. The first-order valence-electron chi connectivity index (χ1n) is 7.76. The molecule has 1 saturated heterocycles. The lowest BCUT2D eigenvalue weighted by Gasteiger charge is -2.22. The largest absolute Gasteiger partial charge is 0.352 e. The van der Waals surface area contributed by atoms with E-state index < -0.39 is 26.4 Å². The molecular weight excluding hydrogens is 370 g/mol. The van der Waals surface area contributed by atoms with Gasteiger partial charge in [0.05, 0.1) is 9.82 Å². The Morgan fingerprint density at radius 3 is 2.68 bits per heavy atom. The van der Waals surface area contributed by atoms with Gasteiger partial charge in [0.2, 0.25) is 0 Å². The highest BCUT2D eigenvalue weighted by Gasteiger charge is 2.19. The zero-order valence-corrected chi connectivity index (χ0v) is 15.5. The van der Waals surface area contributed by atoms with Crippen molar-refractivity contribution in [2.24, 2.45) is 5.92 Å². The third-order valence-corrected chi connectivity index (χ3v) is 5.12. The maximum absolute atomic E-state index is 12.2. The third kappa shape index (κ3) is 6.26. The number of rotatable bonds is 6. The van der Waals surface area contributed by atoms with Crippen molar-refractivity contribution < 1.29 is 18.1 Å². The molecule has 0 spiro atoms. The van der Waals surface area contributed by atoms with Crippen LogP contribution in [0.2, 0.25) is 0 Å². The second-order valence-corrected chi connectivity index (χ2v) is 8.02. The fraction of sp³-hybridized carbons (Fsp3) is 0.533. The van der Waals surface area contributed by atoms with Gasteiger partial charge in [-0.2, -0.15) is 0 Å². The molecule has 1 aliphatic rings. The summed E-state index contributed by atoms with van der Waals surface area (Å²) in [4.78, 5) is 22.2. The van der Waals surface area contributed by atoms with Crippen molar-refractivity contribution >= 4 is 33.8 Å². The van der Waals surface area contributed by atoms with Crippen LogP contribution in [0.5, 0.6) is 0 Å². The highest BCUT2D eigenvalue weighted by molar-refractivity contribution is 7.90.